The lowest BCUT2D eigenvalue weighted by molar-refractivity contribution is -0.137. The normalized spacial score (nSPS) is 14.0. The summed E-state index contributed by atoms with van der Waals surface area (Å²) in [5.74, 6) is 1.02. The van der Waals surface area contributed by atoms with Crippen molar-refractivity contribution in [1.29, 1.82) is 0 Å². The fourth-order valence-corrected chi connectivity index (χ4v) is 3.04. The van der Waals surface area contributed by atoms with Crippen LogP contribution in [0.2, 0.25) is 0 Å². The first-order chi connectivity index (χ1) is 13.0. The molecule has 0 fully saturated rings. The second kappa shape index (κ2) is 7.08. The van der Waals surface area contributed by atoms with Crippen LogP contribution >= 0.6 is 0 Å². The Morgan fingerprint density at radius 2 is 1.89 bits per heavy atom. The van der Waals surface area contributed by atoms with Crippen LogP contribution in [-0.2, 0) is 25.7 Å². The molecular formula is C20H18F3N3O. The third kappa shape index (κ3) is 3.98. The zero-order chi connectivity index (χ0) is 18.9. The average molecular weight is 373 g/mol. The molecule has 3 aromatic rings. The Hall–Kier alpha value is -2.80. The maximum absolute atomic E-state index is 12.8. The largest absolute Gasteiger partial charge is 0.489 e. The van der Waals surface area contributed by atoms with Crippen LogP contribution in [0.1, 0.15) is 22.5 Å². The van der Waals surface area contributed by atoms with E-state index in [0.29, 0.717) is 0 Å². The van der Waals surface area contributed by atoms with Crippen LogP contribution in [0.4, 0.5) is 13.2 Å². The fourth-order valence-electron chi connectivity index (χ4n) is 3.04. The summed E-state index contributed by atoms with van der Waals surface area (Å²) in [5, 5.41) is 3.30. The van der Waals surface area contributed by atoms with Gasteiger partial charge in [0.2, 0.25) is 0 Å². The topological polar surface area (TPSA) is 49.9 Å². The Kier molecular flexibility index (Phi) is 4.61. The van der Waals surface area contributed by atoms with Crippen LogP contribution in [0.15, 0.2) is 48.5 Å². The Bertz CT molecular complexity index is 909. The molecule has 140 valence electrons. The first-order valence-corrected chi connectivity index (χ1v) is 8.67. The monoisotopic (exact) mass is 373 g/mol. The average Bonchev–Trinajstić information content (AvgIpc) is 3.10. The standard InChI is InChI=1S/C20H18F3N3O/c21-20(22,23)15-2-1-3-16(10-15)27-12-13-4-6-14(7-5-13)19-25-17-8-9-24-11-18(17)26-19/h1-7,10,24H,8-9,11-12H2,(H,25,26). The van der Waals surface area contributed by atoms with Gasteiger partial charge in [0.1, 0.15) is 18.2 Å². The number of ether oxygens (including phenoxy) is 1. The van der Waals surface area contributed by atoms with E-state index in [2.05, 4.69) is 15.3 Å². The lowest BCUT2D eigenvalue weighted by Crippen LogP contribution is -2.23. The van der Waals surface area contributed by atoms with E-state index in [4.69, 9.17) is 4.74 Å². The molecule has 4 rings (SSSR count). The maximum atomic E-state index is 12.8. The van der Waals surface area contributed by atoms with Crippen molar-refractivity contribution in [3.05, 3.63) is 71.0 Å². The summed E-state index contributed by atoms with van der Waals surface area (Å²) in [6.07, 6.45) is -3.46. The molecule has 0 bridgehead atoms. The highest BCUT2D eigenvalue weighted by Gasteiger charge is 2.30. The summed E-state index contributed by atoms with van der Waals surface area (Å²) in [6.45, 7) is 1.93. The molecule has 0 atom stereocenters. The highest BCUT2D eigenvalue weighted by Crippen LogP contribution is 2.31. The number of alkyl halides is 3. The number of benzene rings is 2. The molecule has 1 aliphatic rings. The Morgan fingerprint density at radius 1 is 1.07 bits per heavy atom. The van der Waals surface area contributed by atoms with E-state index >= 15 is 0 Å². The summed E-state index contributed by atoms with van der Waals surface area (Å²) in [4.78, 5) is 7.98. The second-order valence-corrected chi connectivity index (χ2v) is 6.45. The number of rotatable bonds is 4. The minimum absolute atomic E-state index is 0.195. The number of nitrogens with one attached hydrogen (secondary N) is 2. The van der Waals surface area contributed by atoms with Crippen LogP contribution in [0.5, 0.6) is 5.75 Å². The van der Waals surface area contributed by atoms with Gasteiger partial charge in [0.15, 0.2) is 0 Å². The molecular weight excluding hydrogens is 355 g/mol. The van der Waals surface area contributed by atoms with Gasteiger partial charge in [0.05, 0.1) is 17.0 Å². The molecule has 0 saturated carbocycles. The van der Waals surface area contributed by atoms with Crippen molar-refractivity contribution in [2.75, 3.05) is 6.54 Å². The molecule has 0 radical (unpaired) electrons. The zero-order valence-electron chi connectivity index (χ0n) is 14.4. The lowest BCUT2D eigenvalue weighted by Gasteiger charge is -2.10. The minimum atomic E-state index is -4.38. The van der Waals surface area contributed by atoms with Crippen LogP contribution in [0, 0.1) is 0 Å². The van der Waals surface area contributed by atoms with Crippen molar-refractivity contribution in [3.63, 3.8) is 0 Å². The van der Waals surface area contributed by atoms with Crippen molar-refractivity contribution in [3.8, 4) is 17.1 Å². The van der Waals surface area contributed by atoms with Gasteiger partial charge in [-0.05, 0) is 23.8 Å². The Labute approximate surface area is 154 Å². The molecule has 2 N–H and O–H groups in total. The van der Waals surface area contributed by atoms with Crippen molar-refractivity contribution in [2.24, 2.45) is 0 Å². The van der Waals surface area contributed by atoms with Crippen molar-refractivity contribution >= 4 is 0 Å². The van der Waals surface area contributed by atoms with Gasteiger partial charge in [-0.1, -0.05) is 30.3 Å². The van der Waals surface area contributed by atoms with E-state index in [1.807, 2.05) is 24.3 Å². The molecule has 7 heteroatoms. The number of aromatic amines is 1. The van der Waals surface area contributed by atoms with Crippen LogP contribution in [0.25, 0.3) is 11.4 Å². The number of nitrogens with zero attached hydrogens (tertiary/aromatic N) is 1. The van der Waals surface area contributed by atoms with Crippen molar-refractivity contribution < 1.29 is 17.9 Å². The summed E-state index contributed by atoms with van der Waals surface area (Å²) in [6, 6.07) is 12.5. The molecule has 0 unspecified atom stereocenters. The van der Waals surface area contributed by atoms with Crippen LogP contribution < -0.4 is 10.1 Å². The first kappa shape index (κ1) is 17.6. The lowest BCUT2D eigenvalue weighted by atomic mass is 10.1. The van der Waals surface area contributed by atoms with Gasteiger partial charge in [0, 0.05) is 25.1 Å². The Morgan fingerprint density at radius 3 is 2.63 bits per heavy atom. The fraction of sp³-hybridized carbons (Fsp3) is 0.250. The van der Waals surface area contributed by atoms with Gasteiger partial charge in [-0.3, -0.25) is 0 Å². The summed E-state index contributed by atoms with van der Waals surface area (Å²) in [7, 11) is 0. The second-order valence-electron chi connectivity index (χ2n) is 6.45. The van der Waals surface area contributed by atoms with Gasteiger partial charge >= 0.3 is 6.18 Å². The van der Waals surface area contributed by atoms with Crippen LogP contribution in [0.3, 0.4) is 0 Å². The van der Waals surface area contributed by atoms with E-state index in [0.717, 1.165) is 60.0 Å². The number of halogens is 3. The molecule has 0 spiro atoms. The van der Waals surface area contributed by atoms with E-state index in [1.54, 1.807) is 0 Å². The van der Waals surface area contributed by atoms with Crippen molar-refractivity contribution in [2.45, 2.75) is 25.7 Å². The van der Waals surface area contributed by atoms with Crippen molar-refractivity contribution in [1.82, 2.24) is 15.3 Å². The summed E-state index contributed by atoms with van der Waals surface area (Å²) in [5.41, 5.74) is 3.34. The van der Waals surface area contributed by atoms with Gasteiger partial charge in [-0.25, -0.2) is 4.98 Å². The first-order valence-electron chi connectivity index (χ1n) is 8.67. The van der Waals surface area contributed by atoms with E-state index in [9.17, 15) is 13.2 Å². The van der Waals surface area contributed by atoms with Gasteiger partial charge in [0.25, 0.3) is 0 Å². The van der Waals surface area contributed by atoms with Gasteiger partial charge in [-0.15, -0.1) is 0 Å². The summed E-state index contributed by atoms with van der Waals surface area (Å²) >= 11 is 0. The molecule has 1 aromatic heterocycles. The molecule has 0 saturated heterocycles. The number of fused-ring (bicyclic) bond motifs is 1. The number of H-pyrrole nitrogens is 1. The molecule has 0 amide bonds. The minimum Gasteiger partial charge on any atom is -0.489 e. The number of hydrogen-bond donors (Lipinski definition) is 2. The number of hydrogen-bond acceptors (Lipinski definition) is 3. The number of aromatic nitrogens is 2. The summed E-state index contributed by atoms with van der Waals surface area (Å²) < 4.78 is 43.8. The molecule has 1 aliphatic heterocycles. The smallest absolute Gasteiger partial charge is 0.416 e. The third-order valence-corrected chi connectivity index (χ3v) is 4.50. The van der Waals surface area contributed by atoms with Gasteiger partial charge in [-0.2, -0.15) is 13.2 Å². The maximum Gasteiger partial charge on any atom is 0.416 e. The molecule has 4 nitrogen and oxygen atoms in total. The zero-order valence-corrected chi connectivity index (χ0v) is 14.4. The highest BCUT2D eigenvalue weighted by molar-refractivity contribution is 5.56. The SMILES string of the molecule is FC(F)(F)c1cccc(OCc2ccc(-c3nc4c([nH]3)CNCC4)cc2)c1. The quantitative estimate of drug-likeness (QED) is 0.716. The highest BCUT2D eigenvalue weighted by atomic mass is 19.4. The predicted octanol–water partition coefficient (Wildman–Crippen LogP) is 4.32. The van der Waals surface area contributed by atoms with E-state index < -0.39 is 11.7 Å². The molecule has 2 heterocycles. The van der Waals surface area contributed by atoms with Crippen LogP contribution in [-0.4, -0.2) is 16.5 Å². The predicted molar refractivity (Wildman–Crippen MR) is 95.2 cm³/mol. The number of imidazole rings is 1. The van der Waals surface area contributed by atoms with Gasteiger partial charge < -0.3 is 15.0 Å². The molecule has 0 aliphatic carbocycles. The van der Waals surface area contributed by atoms with E-state index in [1.165, 1.54) is 12.1 Å². The Balaban J connectivity index is 1.43. The molecule has 27 heavy (non-hydrogen) atoms. The molecule has 2 aromatic carbocycles. The third-order valence-electron chi connectivity index (χ3n) is 4.50. The van der Waals surface area contributed by atoms with E-state index in [-0.39, 0.29) is 12.4 Å².